The van der Waals surface area contributed by atoms with E-state index in [0.29, 0.717) is 23.5 Å². The number of carboxylic acids is 1. The number of halogens is 3. The fraction of sp³-hybridized carbons (Fsp3) is 0.449. The number of carbonyl (C=O) groups is 7. The van der Waals surface area contributed by atoms with Crippen molar-refractivity contribution in [3.63, 3.8) is 0 Å². The SMILES string of the molecule is CC(C)=C1OC(=O)N(c2cc(OC3CCCC3)c(Cl)cc2F)C1=O.CCc1cccc(C)c1N(C(=O)CCl)C(C)COC.CS(=O)(=O)c1ccc(C(=O)C2C(=O)CCCC2=O)c([N+](=O)[O-])c1.O=C(O)CNCP(=O)(O)O. The maximum Gasteiger partial charge on any atom is 0.427 e. The molecule has 3 aromatic rings. The lowest BCUT2D eigenvalue weighted by atomic mass is 9.81. The number of methoxy groups -OCH3 is 1. The van der Waals surface area contributed by atoms with Gasteiger partial charge < -0.3 is 34.0 Å². The first kappa shape index (κ1) is 64.3. The summed E-state index contributed by atoms with van der Waals surface area (Å²) >= 11 is 11.8. The van der Waals surface area contributed by atoms with Crippen molar-refractivity contribution in [3.05, 3.63) is 97.5 Å². The van der Waals surface area contributed by atoms with Gasteiger partial charge in [0.25, 0.3) is 5.69 Å². The molecule has 3 amide bonds. The Hall–Kier alpha value is -5.98. The number of sulfone groups is 1. The Morgan fingerprint density at radius 1 is 1.04 bits per heavy atom. The maximum atomic E-state index is 14.3. The number of nitro benzene ring substituents is 1. The van der Waals surface area contributed by atoms with Crippen molar-refractivity contribution in [1.29, 1.82) is 0 Å². The molecule has 0 spiro atoms. The van der Waals surface area contributed by atoms with Crippen LogP contribution in [0.4, 0.5) is 26.2 Å². The van der Waals surface area contributed by atoms with Crippen LogP contribution in [0.3, 0.4) is 0 Å². The van der Waals surface area contributed by atoms with Gasteiger partial charge in [-0.3, -0.25) is 48.8 Å². The number of anilines is 2. The summed E-state index contributed by atoms with van der Waals surface area (Å²) in [5.41, 5.74) is 2.36. The zero-order chi connectivity index (χ0) is 57.4. The second-order valence-corrected chi connectivity index (χ2v) is 22.0. The quantitative estimate of drug-likeness (QED) is 0.0192. The van der Waals surface area contributed by atoms with Crippen molar-refractivity contribution < 1.29 is 85.0 Å². The number of nitro groups is 1. The van der Waals surface area contributed by atoms with Gasteiger partial charge in [0, 0.05) is 38.3 Å². The number of amides is 3. The average Bonchev–Trinajstić information content (AvgIpc) is 3.96. The predicted octanol–water partition coefficient (Wildman–Crippen LogP) is 7.66. The molecule has 2 saturated carbocycles. The molecule has 76 heavy (non-hydrogen) atoms. The molecule has 416 valence electrons. The number of aryl methyl sites for hydroxylation is 2. The molecule has 1 saturated heterocycles. The largest absolute Gasteiger partial charge is 0.489 e. The third kappa shape index (κ3) is 18.1. The average molecular weight is 1150 g/mol. The number of aliphatic carboxylic acids is 1. The molecule has 22 nitrogen and oxygen atoms in total. The first-order valence-electron chi connectivity index (χ1n) is 23.4. The van der Waals surface area contributed by atoms with E-state index in [2.05, 4.69) is 18.3 Å². The monoisotopic (exact) mass is 1140 g/mol. The summed E-state index contributed by atoms with van der Waals surface area (Å²) in [5.74, 6) is -6.20. The van der Waals surface area contributed by atoms with Crippen LogP contribution in [-0.2, 0) is 54.3 Å². The minimum atomic E-state index is -4.10. The van der Waals surface area contributed by atoms with Gasteiger partial charge in [0.1, 0.15) is 23.4 Å². The van der Waals surface area contributed by atoms with E-state index >= 15 is 0 Å². The Kier molecular flexibility index (Phi) is 24.5. The van der Waals surface area contributed by atoms with E-state index in [1.165, 1.54) is 6.07 Å². The summed E-state index contributed by atoms with van der Waals surface area (Å²) < 4.78 is 63.2. The number of carbonyl (C=O) groups excluding carboxylic acids is 6. The van der Waals surface area contributed by atoms with Crippen LogP contribution in [0.5, 0.6) is 5.75 Å². The highest BCUT2D eigenvalue weighted by Gasteiger charge is 2.41. The molecule has 1 atom stereocenters. The number of para-hydroxylation sites is 1. The molecule has 3 aromatic carbocycles. The third-order valence-electron chi connectivity index (χ3n) is 11.4. The third-order valence-corrected chi connectivity index (χ3v) is 13.7. The summed E-state index contributed by atoms with van der Waals surface area (Å²) in [6.07, 6.45) is 4.65. The van der Waals surface area contributed by atoms with Crippen LogP contribution in [0.2, 0.25) is 5.02 Å². The topological polar surface area (TPSA) is 321 Å². The van der Waals surface area contributed by atoms with Crippen LogP contribution in [-0.4, -0.2) is 120 Å². The summed E-state index contributed by atoms with van der Waals surface area (Å²) in [7, 11) is -6.16. The van der Waals surface area contributed by atoms with Gasteiger partial charge in [0.2, 0.25) is 5.91 Å². The Balaban J connectivity index is 0.000000277. The molecule has 0 aromatic heterocycles. The number of hydrogen-bond acceptors (Lipinski definition) is 16. The van der Waals surface area contributed by atoms with Gasteiger partial charge in [-0.1, -0.05) is 36.7 Å². The lowest BCUT2D eigenvalue weighted by molar-refractivity contribution is -0.385. The van der Waals surface area contributed by atoms with Crippen LogP contribution in [0.25, 0.3) is 0 Å². The van der Waals surface area contributed by atoms with Crippen molar-refractivity contribution in [1.82, 2.24) is 5.32 Å². The standard InChI is InChI=1S/C17H17ClFNO4.C15H22ClNO2.C14H13NO7S.C3H8NO5P/c1-9(2)15-16(21)20(17(22)24-15)13-8-14(11(18)7-12(13)19)23-10-5-3-4-6-10;1-5-13-8-6-7-11(2)15(13)17(14(18)9-16)12(3)10-19-4;1-23(21,22)8-5-6-9(10(7-8)15(19)20)14(18)13-11(16)3-2-4-12(13)17;5-3(6)1-4-2-10(7,8)9/h7-8,10H,3-6H2,1-2H3;6-8,12H,5,9-10H2,1-4H3;5-7,13H,2-4H2,1H3;4H,1-2H2,(H,5,6)(H2,7,8,9). The molecule has 0 radical (unpaired) electrons. The highest BCUT2D eigenvalue weighted by atomic mass is 35.5. The first-order chi connectivity index (χ1) is 35.5. The molecule has 4 N–H and O–H groups in total. The number of imide groups is 1. The Labute approximate surface area is 448 Å². The molecule has 2 aliphatic carbocycles. The van der Waals surface area contributed by atoms with Crippen LogP contribution < -0.4 is 19.9 Å². The predicted molar refractivity (Wildman–Crippen MR) is 277 cm³/mol. The summed E-state index contributed by atoms with van der Waals surface area (Å²) in [4.78, 5) is 111. The van der Waals surface area contributed by atoms with E-state index in [9.17, 15) is 61.0 Å². The van der Waals surface area contributed by atoms with E-state index in [-0.39, 0.29) is 63.9 Å². The number of benzene rings is 3. The van der Waals surface area contributed by atoms with Gasteiger partial charge in [-0.15, -0.1) is 11.6 Å². The second-order valence-electron chi connectivity index (χ2n) is 17.7. The number of Topliss-reactive ketones (excluding diaryl/α,β-unsaturated/α-hetero) is 3. The molecule has 6 rings (SSSR count). The van der Waals surface area contributed by atoms with E-state index in [1.807, 2.05) is 26.0 Å². The Bertz CT molecular complexity index is 2870. The van der Waals surface area contributed by atoms with E-state index in [4.69, 9.17) is 52.3 Å². The smallest absolute Gasteiger partial charge is 0.427 e. The van der Waals surface area contributed by atoms with Crippen LogP contribution in [0, 0.1) is 28.8 Å². The Morgan fingerprint density at radius 3 is 2.16 bits per heavy atom. The number of ether oxygens (including phenoxy) is 3. The first-order valence-corrected chi connectivity index (χ1v) is 28.0. The minimum Gasteiger partial charge on any atom is -0.489 e. The fourth-order valence-corrected chi connectivity index (χ4v) is 9.30. The number of nitrogens with zero attached hydrogens (tertiary/aromatic N) is 3. The van der Waals surface area contributed by atoms with E-state index in [0.717, 1.165) is 79.4 Å². The molecule has 0 bridgehead atoms. The highest BCUT2D eigenvalue weighted by molar-refractivity contribution is 7.90. The molecule has 27 heteroatoms. The van der Waals surface area contributed by atoms with Gasteiger partial charge in [-0.05, 0) is 101 Å². The minimum absolute atomic E-state index is 0.00962. The normalized spacial score (nSPS) is 15.3. The van der Waals surface area contributed by atoms with Gasteiger partial charge in [0.15, 0.2) is 32.9 Å². The number of hydrogen-bond donors (Lipinski definition) is 4. The molecule has 3 aliphatic rings. The van der Waals surface area contributed by atoms with Crippen LogP contribution >= 0.6 is 30.8 Å². The number of nitrogens with one attached hydrogen (secondary N) is 1. The second kappa shape index (κ2) is 29.0. The number of allylic oxidation sites excluding steroid dienone is 1. The molecule has 1 heterocycles. The lowest BCUT2D eigenvalue weighted by Crippen LogP contribution is -2.43. The fourth-order valence-electron chi connectivity index (χ4n) is 7.93. The van der Waals surface area contributed by atoms with E-state index in [1.54, 1.807) is 25.9 Å². The zero-order valence-electron chi connectivity index (χ0n) is 42.6. The van der Waals surface area contributed by atoms with Crippen molar-refractivity contribution in [2.24, 2.45) is 5.92 Å². The zero-order valence-corrected chi connectivity index (χ0v) is 45.9. The maximum absolute atomic E-state index is 14.3. The number of alkyl halides is 1. The number of carboxylic acid groups (broad SMARTS) is 1. The van der Waals surface area contributed by atoms with Crippen molar-refractivity contribution in [2.75, 3.05) is 48.5 Å². The molecular weight excluding hydrogens is 1090 g/mol. The molecule has 1 unspecified atom stereocenters. The van der Waals surface area contributed by atoms with Crippen LogP contribution in [0.1, 0.15) is 94.1 Å². The molecule has 1 aliphatic heterocycles. The molecular formula is C49H60Cl2FN4O18PS. The van der Waals surface area contributed by atoms with Crippen LogP contribution in [0.15, 0.2) is 64.8 Å². The van der Waals surface area contributed by atoms with Crippen molar-refractivity contribution in [2.45, 2.75) is 103 Å². The number of ketones is 3. The van der Waals surface area contributed by atoms with Gasteiger partial charge >= 0.3 is 25.6 Å². The summed E-state index contributed by atoms with van der Waals surface area (Å²) in [6, 6.07) is 11.2. The molecule has 3 fully saturated rings. The lowest BCUT2D eigenvalue weighted by Gasteiger charge is -2.31. The Morgan fingerprint density at radius 2 is 1.66 bits per heavy atom. The highest BCUT2D eigenvalue weighted by Crippen LogP contribution is 2.38. The van der Waals surface area contributed by atoms with Gasteiger partial charge in [-0.25, -0.2) is 22.5 Å². The van der Waals surface area contributed by atoms with Crippen molar-refractivity contribution >= 4 is 98.9 Å². The van der Waals surface area contributed by atoms with Crippen molar-refractivity contribution in [3.8, 4) is 5.75 Å². The van der Waals surface area contributed by atoms with Gasteiger partial charge in [-0.2, -0.15) is 0 Å². The van der Waals surface area contributed by atoms with Gasteiger partial charge in [0.05, 0.1) is 63.4 Å². The summed E-state index contributed by atoms with van der Waals surface area (Å²) in [5, 5.41) is 21.3. The number of rotatable bonds is 17. The summed E-state index contributed by atoms with van der Waals surface area (Å²) in [6.45, 7) is 9.39. The number of cyclic esters (lactones) is 1. The van der Waals surface area contributed by atoms with E-state index < -0.39 is 93.5 Å².